The maximum Gasteiger partial charge on any atom is 0.282 e. The van der Waals surface area contributed by atoms with Gasteiger partial charge in [0.2, 0.25) is 0 Å². The molecule has 1 fully saturated rings. The van der Waals surface area contributed by atoms with Gasteiger partial charge in [-0.2, -0.15) is 0 Å². The predicted molar refractivity (Wildman–Crippen MR) is 112 cm³/mol. The Morgan fingerprint density at radius 1 is 1.00 bits per heavy atom. The smallest absolute Gasteiger partial charge is 0.282 e. The Hall–Kier alpha value is -2.95. The molecule has 2 heterocycles. The van der Waals surface area contributed by atoms with Gasteiger partial charge in [-0.25, -0.2) is 9.29 Å². The molecule has 0 saturated carbocycles. The normalized spacial score (nSPS) is 20.1. The summed E-state index contributed by atoms with van der Waals surface area (Å²) in [5, 5.41) is 0. The fraction of sp³-hybridized carbons (Fsp3) is 0.333. The van der Waals surface area contributed by atoms with E-state index in [0.717, 1.165) is 37.1 Å². The summed E-state index contributed by atoms with van der Waals surface area (Å²) in [7, 11) is 0. The molecule has 0 aliphatic carbocycles. The Labute approximate surface area is 170 Å². The number of hydrogen-bond acceptors (Lipinski definition) is 3. The van der Waals surface area contributed by atoms with Gasteiger partial charge in [0, 0.05) is 13.1 Å². The van der Waals surface area contributed by atoms with E-state index in [-0.39, 0.29) is 17.6 Å². The van der Waals surface area contributed by atoms with E-state index in [9.17, 15) is 14.0 Å². The average Bonchev–Trinajstić information content (AvgIpc) is 2.93. The van der Waals surface area contributed by atoms with E-state index in [1.165, 1.54) is 17.0 Å². The first-order valence-electron chi connectivity index (χ1n) is 10.1. The van der Waals surface area contributed by atoms with Crippen molar-refractivity contribution in [2.45, 2.75) is 33.6 Å². The van der Waals surface area contributed by atoms with E-state index in [4.69, 9.17) is 0 Å². The van der Waals surface area contributed by atoms with Crippen LogP contribution in [0.5, 0.6) is 0 Å². The third-order valence-electron chi connectivity index (χ3n) is 5.76. The van der Waals surface area contributed by atoms with Crippen molar-refractivity contribution in [2.75, 3.05) is 18.0 Å². The van der Waals surface area contributed by atoms with Crippen LogP contribution in [0.3, 0.4) is 0 Å². The number of amides is 2. The molecular weight excluding hydrogens is 367 g/mol. The SMILES string of the molecule is Cc1ccc(N2C(=O)C(c3ccc(F)cc3)=C(N3CCCC(C)C3)C2=O)c(C)c1. The molecule has 1 saturated heterocycles. The summed E-state index contributed by atoms with van der Waals surface area (Å²) in [6.07, 6.45) is 2.09. The second-order valence-corrected chi connectivity index (χ2v) is 8.16. The van der Waals surface area contributed by atoms with Gasteiger partial charge in [-0.05, 0) is 61.9 Å². The summed E-state index contributed by atoms with van der Waals surface area (Å²) >= 11 is 0. The van der Waals surface area contributed by atoms with Crippen LogP contribution in [-0.4, -0.2) is 29.8 Å². The van der Waals surface area contributed by atoms with Crippen molar-refractivity contribution in [2.24, 2.45) is 5.92 Å². The number of imide groups is 1. The molecule has 0 spiro atoms. The summed E-state index contributed by atoms with van der Waals surface area (Å²) in [5.41, 5.74) is 3.92. The highest BCUT2D eigenvalue weighted by Gasteiger charge is 2.43. The average molecular weight is 392 g/mol. The first kappa shape index (κ1) is 19.4. The van der Waals surface area contributed by atoms with Crippen LogP contribution in [0.25, 0.3) is 5.57 Å². The molecule has 2 aliphatic rings. The molecule has 150 valence electrons. The highest BCUT2D eigenvalue weighted by Crippen LogP contribution is 2.37. The lowest BCUT2D eigenvalue weighted by Crippen LogP contribution is -2.39. The highest BCUT2D eigenvalue weighted by atomic mass is 19.1. The van der Waals surface area contributed by atoms with Crippen molar-refractivity contribution in [3.8, 4) is 0 Å². The number of anilines is 1. The maximum absolute atomic E-state index is 13.5. The first-order chi connectivity index (χ1) is 13.9. The summed E-state index contributed by atoms with van der Waals surface area (Å²) in [5.74, 6) is -0.563. The number of nitrogens with zero attached hydrogens (tertiary/aromatic N) is 2. The van der Waals surface area contributed by atoms with Crippen LogP contribution < -0.4 is 4.90 Å². The number of likely N-dealkylation sites (tertiary alicyclic amines) is 1. The fourth-order valence-electron chi connectivity index (χ4n) is 4.36. The van der Waals surface area contributed by atoms with E-state index >= 15 is 0 Å². The van der Waals surface area contributed by atoms with Gasteiger partial charge in [0.15, 0.2) is 0 Å². The van der Waals surface area contributed by atoms with Gasteiger partial charge in [0.1, 0.15) is 11.5 Å². The van der Waals surface area contributed by atoms with Gasteiger partial charge in [0.05, 0.1) is 11.3 Å². The monoisotopic (exact) mass is 392 g/mol. The van der Waals surface area contributed by atoms with Crippen LogP contribution in [0.15, 0.2) is 48.2 Å². The van der Waals surface area contributed by atoms with E-state index in [2.05, 4.69) is 6.92 Å². The minimum Gasteiger partial charge on any atom is -0.366 e. The summed E-state index contributed by atoms with van der Waals surface area (Å²) in [6, 6.07) is 11.5. The molecule has 0 radical (unpaired) electrons. The number of carbonyl (C=O) groups is 2. The zero-order valence-corrected chi connectivity index (χ0v) is 17.0. The molecule has 0 aromatic heterocycles. The molecule has 29 heavy (non-hydrogen) atoms. The zero-order chi connectivity index (χ0) is 20.7. The van der Waals surface area contributed by atoms with E-state index in [1.807, 2.05) is 36.9 Å². The molecule has 2 aromatic carbocycles. The summed E-state index contributed by atoms with van der Waals surface area (Å²) < 4.78 is 13.5. The van der Waals surface area contributed by atoms with Crippen LogP contribution in [0.1, 0.15) is 36.5 Å². The van der Waals surface area contributed by atoms with E-state index in [1.54, 1.807) is 12.1 Å². The van der Waals surface area contributed by atoms with Crippen LogP contribution in [0, 0.1) is 25.6 Å². The number of carbonyl (C=O) groups excluding carboxylic acids is 2. The van der Waals surface area contributed by atoms with Crippen molar-refractivity contribution < 1.29 is 14.0 Å². The van der Waals surface area contributed by atoms with Crippen LogP contribution in [0.2, 0.25) is 0 Å². The molecule has 0 bridgehead atoms. The van der Waals surface area contributed by atoms with Crippen molar-refractivity contribution in [3.63, 3.8) is 0 Å². The quantitative estimate of drug-likeness (QED) is 0.724. The number of hydrogen-bond donors (Lipinski definition) is 0. The molecule has 2 aliphatic heterocycles. The number of benzene rings is 2. The topological polar surface area (TPSA) is 40.6 Å². The standard InChI is InChI=1S/C24H25FN2O2/c1-15-6-11-20(17(3)13-15)27-23(28)21(18-7-9-19(25)10-8-18)22(24(27)29)26-12-4-5-16(2)14-26/h6-11,13,16H,4-5,12,14H2,1-3H3. The molecule has 1 unspecified atom stereocenters. The maximum atomic E-state index is 13.5. The van der Waals surface area contributed by atoms with Gasteiger partial charge in [-0.3, -0.25) is 9.59 Å². The van der Waals surface area contributed by atoms with Gasteiger partial charge >= 0.3 is 0 Å². The number of halogens is 1. The molecule has 5 heteroatoms. The molecule has 2 amide bonds. The van der Waals surface area contributed by atoms with E-state index in [0.29, 0.717) is 28.4 Å². The largest absolute Gasteiger partial charge is 0.366 e. The van der Waals surface area contributed by atoms with Gasteiger partial charge in [-0.1, -0.05) is 36.8 Å². The van der Waals surface area contributed by atoms with Gasteiger partial charge in [0.25, 0.3) is 11.8 Å². The van der Waals surface area contributed by atoms with Gasteiger partial charge < -0.3 is 4.90 Å². The van der Waals surface area contributed by atoms with E-state index < -0.39 is 0 Å². The summed E-state index contributed by atoms with van der Waals surface area (Å²) in [6.45, 7) is 7.52. The zero-order valence-electron chi connectivity index (χ0n) is 17.0. The third-order valence-corrected chi connectivity index (χ3v) is 5.76. The Kier molecular flexibility index (Phi) is 4.99. The number of rotatable bonds is 3. The Balaban J connectivity index is 1.84. The Morgan fingerprint density at radius 2 is 1.72 bits per heavy atom. The number of aryl methyl sites for hydroxylation is 2. The lowest BCUT2D eigenvalue weighted by molar-refractivity contribution is -0.120. The van der Waals surface area contributed by atoms with Gasteiger partial charge in [-0.15, -0.1) is 0 Å². The molecule has 2 aromatic rings. The highest BCUT2D eigenvalue weighted by molar-refractivity contribution is 6.45. The van der Waals surface area contributed by atoms with Crippen molar-refractivity contribution in [1.29, 1.82) is 0 Å². The second kappa shape index (κ2) is 7.47. The fourth-order valence-corrected chi connectivity index (χ4v) is 4.36. The summed E-state index contributed by atoms with van der Waals surface area (Å²) in [4.78, 5) is 30.4. The minimum atomic E-state index is -0.370. The van der Waals surface area contributed by atoms with Crippen LogP contribution in [-0.2, 0) is 9.59 Å². The molecular formula is C24H25FN2O2. The third kappa shape index (κ3) is 3.46. The Morgan fingerprint density at radius 3 is 2.38 bits per heavy atom. The molecule has 1 atom stereocenters. The van der Waals surface area contributed by atoms with Crippen molar-refractivity contribution in [3.05, 3.63) is 70.7 Å². The first-order valence-corrected chi connectivity index (χ1v) is 10.1. The van der Waals surface area contributed by atoms with Crippen molar-refractivity contribution in [1.82, 2.24) is 4.90 Å². The van der Waals surface area contributed by atoms with Crippen LogP contribution >= 0.6 is 0 Å². The molecule has 4 rings (SSSR count). The minimum absolute atomic E-state index is 0.296. The molecule has 0 N–H and O–H groups in total. The lowest BCUT2D eigenvalue weighted by atomic mass is 9.98. The van der Waals surface area contributed by atoms with Crippen molar-refractivity contribution >= 4 is 23.1 Å². The number of piperidine rings is 1. The van der Waals surface area contributed by atoms with Crippen LogP contribution in [0.4, 0.5) is 10.1 Å². The second-order valence-electron chi connectivity index (χ2n) is 8.16. The Bertz CT molecular complexity index is 1010. The lowest BCUT2D eigenvalue weighted by Gasteiger charge is -2.33. The predicted octanol–water partition coefficient (Wildman–Crippen LogP) is 4.46. The molecule has 4 nitrogen and oxygen atoms in total.